The zero-order valence-corrected chi connectivity index (χ0v) is 9.98. The molecule has 0 aliphatic carbocycles. The average Bonchev–Trinajstić information content (AvgIpc) is 2.68. The lowest BCUT2D eigenvalue weighted by molar-refractivity contribution is 0.627. The fraction of sp³-hybridized carbons (Fsp3) is 0.231. The van der Waals surface area contributed by atoms with Gasteiger partial charge in [0.1, 0.15) is 5.82 Å². The lowest BCUT2D eigenvalue weighted by Gasteiger charge is -2.06. The van der Waals surface area contributed by atoms with Gasteiger partial charge >= 0.3 is 0 Å². The molecule has 16 heavy (non-hydrogen) atoms. The predicted octanol–water partition coefficient (Wildman–Crippen LogP) is 3.36. The molecule has 3 heteroatoms. The van der Waals surface area contributed by atoms with Crippen molar-refractivity contribution in [2.45, 2.75) is 13.3 Å². The molecule has 1 aromatic heterocycles. The summed E-state index contributed by atoms with van der Waals surface area (Å²) >= 11 is 1.68. The van der Waals surface area contributed by atoms with Crippen molar-refractivity contribution < 1.29 is 4.39 Å². The van der Waals surface area contributed by atoms with E-state index in [0.29, 0.717) is 6.54 Å². The molecule has 1 heterocycles. The van der Waals surface area contributed by atoms with Crippen molar-refractivity contribution in [1.82, 2.24) is 0 Å². The van der Waals surface area contributed by atoms with Crippen LogP contribution in [0.1, 0.15) is 10.4 Å². The van der Waals surface area contributed by atoms with Crippen LogP contribution in [0.5, 0.6) is 0 Å². The standard InChI is InChI=1S/C13H14FNS/c1-9-2-5-13(16-9)12-8-11(14)4-3-10(12)6-7-15/h2-5,8H,6-7,15H2,1H3. The van der Waals surface area contributed by atoms with Gasteiger partial charge in [0.15, 0.2) is 0 Å². The predicted molar refractivity (Wildman–Crippen MR) is 67.2 cm³/mol. The Morgan fingerprint density at radius 1 is 1.25 bits per heavy atom. The van der Waals surface area contributed by atoms with E-state index in [1.54, 1.807) is 17.4 Å². The van der Waals surface area contributed by atoms with Crippen molar-refractivity contribution in [3.63, 3.8) is 0 Å². The molecule has 2 rings (SSSR count). The van der Waals surface area contributed by atoms with E-state index in [-0.39, 0.29) is 5.82 Å². The summed E-state index contributed by atoms with van der Waals surface area (Å²) in [6.45, 7) is 2.64. The van der Waals surface area contributed by atoms with Crippen LogP contribution in [0.2, 0.25) is 0 Å². The Morgan fingerprint density at radius 2 is 2.06 bits per heavy atom. The maximum atomic E-state index is 13.3. The van der Waals surface area contributed by atoms with Crippen molar-refractivity contribution in [2.75, 3.05) is 6.54 Å². The largest absolute Gasteiger partial charge is 0.330 e. The number of rotatable bonds is 3. The average molecular weight is 235 g/mol. The van der Waals surface area contributed by atoms with Crippen LogP contribution in [-0.2, 0) is 6.42 Å². The summed E-state index contributed by atoms with van der Waals surface area (Å²) in [7, 11) is 0. The van der Waals surface area contributed by atoms with Gasteiger partial charge in [0.25, 0.3) is 0 Å². The molecule has 0 radical (unpaired) electrons. The van der Waals surface area contributed by atoms with E-state index in [1.165, 1.54) is 10.9 Å². The van der Waals surface area contributed by atoms with Crippen LogP contribution in [0.4, 0.5) is 4.39 Å². The van der Waals surface area contributed by atoms with Crippen molar-refractivity contribution >= 4 is 11.3 Å². The number of hydrogen-bond acceptors (Lipinski definition) is 2. The van der Waals surface area contributed by atoms with E-state index in [4.69, 9.17) is 5.73 Å². The molecule has 0 spiro atoms. The third-order valence-corrected chi connectivity index (χ3v) is 3.53. The Hall–Kier alpha value is -1.19. The minimum atomic E-state index is -0.193. The third-order valence-electron chi connectivity index (χ3n) is 2.49. The van der Waals surface area contributed by atoms with Crippen molar-refractivity contribution in [1.29, 1.82) is 0 Å². The molecule has 0 saturated carbocycles. The second-order valence-electron chi connectivity index (χ2n) is 3.75. The minimum Gasteiger partial charge on any atom is -0.330 e. The smallest absolute Gasteiger partial charge is 0.123 e. The second kappa shape index (κ2) is 4.76. The summed E-state index contributed by atoms with van der Waals surface area (Å²) in [6.07, 6.45) is 0.784. The number of hydrogen-bond donors (Lipinski definition) is 1. The van der Waals surface area contributed by atoms with Gasteiger partial charge in [-0.05, 0) is 55.3 Å². The maximum absolute atomic E-state index is 13.3. The van der Waals surface area contributed by atoms with Crippen LogP contribution >= 0.6 is 11.3 Å². The van der Waals surface area contributed by atoms with E-state index >= 15 is 0 Å². The monoisotopic (exact) mass is 235 g/mol. The molecule has 0 bridgehead atoms. The van der Waals surface area contributed by atoms with Gasteiger partial charge in [0, 0.05) is 9.75 Å². The Labute approximate surface area is 98.7 Å². The van der Waals surface area contributed by atoms with E-state index in [0.717, 1.165) is 22.4 Å². The molecule has 0 amide bonds. The van der Waals surface area contributed by atoms with Gasteiger partial charge in [-0.25, -0.2) is 4.39 Å². The number of aryl methyl sites for hydroxylation is 1. The van der Waals surface area contributed by atoms with Gasteiger partial charge in [-0.2, -0.15) is 0 Å². The summed E-state index contributed by atoms with van der Waals surface area (Å²) < 4.78 is 13.3. The van der Waals surface area contributed by atoms with Crippen LogP contribution in [-0.4, -0.2) is 6.54 Å². The van der Waals surface area contributed by atoms with Crippen LogP contribution in [0.15, 0.2) is 30.3 Å². The molecule has 1 aromatic carbocycles. The highest BCUT2D eigenvalue weighted by atomic mass is 32.1. The molecule has 0 unspecified atom stereocenters. The Kier molecular flexibility index (Phi) is 3.36. The summed E-state index contributed by atoms with van der Waals surface area (Å²) in [5, 5.41) is 0. The molecule has 0 aliphatic rings. The Morgan fingerprint density at radius 3 is 2.69 bits per heavy atom. The molecule has 84 valence electrons. The van der Waals surface area contributed by atoms with E-state index < -0.39 is 0 Å². The van der Waals surface area contributed by atoms with Gasteiger partial charge in [-0.15, -0.1) is 11.3 Å². The molecule has 2 N–H and O–H groups in total. The fourth-order valence-electron chi connectivity index (χ4n) is 1.73. The van der Waals surface area contributed by atoms with Gasteiger partial charge in [-0.3, -0.25) is 0 Å². The highest BCUT2D eigenvalue weighted by molar-refractivity contribution is 7.15. The van der Waals surface area contributed by atoms with Gasteiger partial charge in [0.2, 0.25) is 0 Å². The van der Waals surface area contributed by atoms with Crippen molar-refractivity contribution in [2.24, 2.45) is 5.73 Å². The molecule has 0 fully saturated rings. The van der Waals surface area contributed by atoms with Crippen molar-refractivity contribution in [3.05, 3.63) is 46.6 Å². The number of halogens is 1. The zero-order valence-electron chi connectivity index (χ0n) is 9.16. The molecule has 0 saturated heterocycles. The maximum Gasteiger partial charge on any atom is 0.123 e. The van der Waals surface area contributed by atoms with Gasteiger partial charge in [-0.1, -0.05) is 6.07 Å². The topological polar surface area (TPSA) is 26.0 Å². The van der Waals surface area contributed by atoms with E-state index in [1.807, 2.05) is 12.1 Å². The Balaban J connectivity index is 2.48. The first-order valence-corrected chi connectivity index (χ1v) is 6.07. The first-order chi connectivity index (χ1) is 7.70. The van der Waals surface area contributed by atoms with E-state index in [9.17, 15) is 4.39 Å². The first kappa shape index (κ1) is 11.3. The summed E-state index contributed by atoms with van der Waals surface area (Å²) in [5.41, 5.74) is 7.65. The molecule has 1 nitrogen and oxygen atoms in total. The molecular weight excluding hydrogens is 221 g/mol. The number of thiophene rings is 1. The third kappa shape index (κ3) is 2.31. The highest BCUT2D eigenvalue weighted by Crippen LogP contribution is 2.31. The second-order valence-corrected chi connectivity index (χ2v) is 5.04. The van der Waals surface area contributed by atoms with Crippen LogP contribution in [0, 0.1) is 12.7 Å². The normalized spacial score (nSPS) is 10.7. The molecule has 2 aromatic rings. The summed E-state index contributed by atoms with van der Waals surface area (Å²) in [6, 6.07) is 9.00. The quantitative estimate of drug-likeness (QED) is 0.867. The summed E-state index contributed by atoms with van der Waals surface area (Å²) in [4.78, 5) is 2.35. The van der Waals surface area contributed by atoms with Crippen LogP contribution in [0.25, 0.3) is 10.4 Å². The molecule has 0 atom stereocenters. The lowest BCUT2D eigenvalue weighted by Crippen LogP contribution is -2.03. The van der Waals surface area contributed by atoms with Crippen molar-refractivity contribution in [3.8, 4) is 10.4 Å². The van der Waals surface area contributed by atoms with Crippen LogP contribution < -0.4 is 5.73 Å². The van der Waals surface area contributed by atoms with Crippen LogP contribution in [0.3, 0.4) is 0 Å². The number of nitrogens with two attached hydrogens (primary N) is 1. The summed E-state index contributed by atoms with van der Waals surface area (Å²) in [5.74, 6) is -0.193. The van der Waals surface area contributed by atoms with Gasteiger partial charge in [0.05, 0.1) is 0 Å². The molecule has 0 aliphatic heterocycles. The van der Waals surface area contributed by atoms with E-state index in [2.05, 4.69) is 13.0 Å². The molecular formula is C13H14FNS. The minimum absolute atomic E-state index is 0.193. The highest BCUT2D eigenvalue weighted by Gasteiger charge is 2.08. The SMILES string of the molecule is Cc1ccc(-c2cc(F)ccc2CCN)s1. The first-order valence-electron chi connectivity index (χ1n) is 5.26. The van der Waals surface area contributed by atoms with Gasteiger partial charge < -0.3 is 5.73 Å². The lowest BCUT2D eigenvalue weighted by atomic mass is 10.0. The fourth-order valence-corrected chi connectivity index (χ4v) is 2.65. The number of benzene rings is 1. The zero-order chi connectivity index (χ0) is 11.5. The Bertz CT molecular complexity index is 490.